The van der Waals surface area contributed by atoms with Gasteiger partial charge in [-0.1, -0.05) is 35.3 Å². The summed E-state index contributed by atoms with van der Waals surface area (Å²) in [6.07, 6.45) is 0.372. The summed E-state index contributed by atoms with van der Waals surface area (Å²) < 4.78 is 19.4. The molecule has 6 heteroatoms. The van der Waals surface area contributed by atoms with Crippen molar-refractivity contribution in [3.63, 3.8) is 0 Å². The van der Waals surface area contributed by atoms with Crippen LogP contribution in [0.1, 0.15) is 5.56 Å². The fraction of sp³-hybridized carbons (Fsp3) is 0.200. The molecule has 0 saturated carbocycles. The zero-order valence-electron chi connectivity index (χ0n) is 11.2. The third-order valence-electron chi connectivity index (χ3n) is 3.00. The third kappa shape index (κ3) is 4.58. The summed E-state index contributed by atoms with van der Waals surface area (Å²) in [7, 11) is 0. The van der Waals surface area contributed by atoms with Gasteiger partial charge < -0.3 is 4.74 Å². The lowest BCUT2D eigenvalue weighted by molar-refractivity contribution is 0.263. The van der Waals surface area contributed by atoms with Gasteiger partial charge in [0.2, 0.25) is 0 Å². The molecule has 112 valence electrons. The van der Waals surface area contributed by atoms with Gasteiger partial charge in [-0.3, -0.25) is 11.3 Å². The van der Waals surface area contributed by atoms with Crippen LogP contribution in [0.2, 0.25) is 10.0 Å². The molecule has 21 heavy (non-hydrogen) atoms. The van der Waals surface area contributed by atoms with E-state index in [1.54, 1.807) is 36.4 Å². The third-order valence-corrected chi connectivity index (χ3v) is 3.54. The largest absolute Gasteiger partial charge is 0.492 e. The number of nitrogens with two attached hydrogens (primary N) is 1. The minimum absolute atomic E-state index is 0.0990. The quantitative estimate of drug-likeness (QED) is 0.629. The van der Waals surface area contributed by atoms with Crippen molar-refractivity contribution < 1.29 is 9.13 Å². The van der Waals surface area contributed by atoms with E-state index in [2.05, 4.69) is 5.43 Å². The van der Waals surface area contributed by atoms with Gasteiger partial charge in [-0.2, -0.15) is 0 Å². The Bertz CT molecular complexity index is 593. The minimum Gasteiger partial charge on any atom is -0.492 e. The summed E-state index contributed by atoms with van der Waals surface area (Å²) in [6.45, 7) is 0.296. The van der Waals surface area contributed by atoms with Gasteiger partial charge in [0, 0.05) is 5.02 Å². The van der Waals surface area contributed by atoms with Gasteiger partial charge >= 0.3 is 0 Å². The van der Waals surface area contributed by atoms with E-state index in [1.807, 2.05) is 0 Å². The zero-order valence-corrected chi connectivity index (χ0v) is 12.7. The van der Waals surface area contributed by atoms with Gasteiger partial charge in [0.15, 0.2) is 0 Å². The molecule has 1 unspecified atom stereocenters. The monoisotopic (exact) mass is 328 g/mol. The van der Waals surface area contributed by atoms with Crippen LogP contribution in [-0.2, 0) is 6.42 Å². The Morgan fingerprint density at radius 3 is 2.52 bits per heavy atom. The Morgan fingerprint density at radius 1 is 1.14 bits per heavy atom. The number of hydrogen-bond acceptors (Lipinski definition) is 3. The zero-order chi connectivity index (χ0) is 15.2. The smallest absolute Gasteiger partial charge is 0.145 e. The minimum atomic E-state index is -0.425. The van der Waals surface area contributed by atoms with Crippen LogP contribution in [-0.4, -0.2) is 12.6 Å². The van der Waals surface area contributed by atoms with Crippen molar-refractivity contribution in [2.45, 2.75) is 12.5 Å². The Labute approximate surface area is 132 Å². The standard InChI is InChI=1S/C15H15Cl2FN2O/c16-11-4-6-13(7-5-11)21-9-12(20-19)8-10-2-1-3-14(17)15(10)18/h1-7,12,20H,8-9,19H2. The molecule has 0 saturated heterocycles. The van der Waals surface area contributed by atoms with Crippen LogP contribution in [0.25, 0.3) is 0 Å². The normalized spacial score (nSPS) is 12.2. The van der Waals surface area contributed by atoms with Crippen LogP contribution < -0.4 is 16.0 Å². The van der Waals surface area contributed by atoms with E-state index >= 15 is 0 Å². The van der Waals surface area contributed by atoms with Crippen molar-refractivity contribution in [2.75, 3.05) is 6.61 Å². The van der Waals surface area contributed by atoms with Crippen LogP contribution in [0.3, 0.4) is 0 Å². The van der Waals surface area contributed by atoms with Crippen molar-refractivity contribution in [1.29, 1.82) is 0 Å². The maximum atomic E-state index is 13.8. The average molecular weight is 329 g/mol. The molecular formula is C15H15Cl2FN2O. The second kappa shape index (κ2) is 7.61. The van der Waals surface area contributed by atoms with E-state index < -0.39 is 5.82 Å². The van der Waals surface area contributed by atoms with Gasteiger partial charge in [-0.25, -0.2) is 4.39 Å². The average Bonchev–Trinajstić information content (AvgIpc) is 2.49. The highest BCUT2D eigenvalue weighted by Crippen LogP contribution is 2.20. The molecule has 0 aromatic heterocycles. The molecule has 2 aromatic carbocycles. The number of ether oxygens (including phenoxy) is 1. The molecule has 0 amide bonds. The molecule has 0 aliphatic carbocycles. The second-order valence-electron chi connectivity index (χ2n) is 4.55. The van der Waals surface area contributed by atoms with Crippen LogP contribution in [0.4, 0.5) is 4.39 Å². The molecule has 0 spiro atoms. The maximum absolute atomic E-state index is 13.8. The highest BCUT2D eigenvalue weighted by Gasteiger charge is 2.13. The van der Waals surface area contributed by atoms with Gasteiger partial charge in [0.25, 0.3) is 0 Å². The van der Waals surface area contributed by atoms with Crippen LogP contribution in [0, 0.1) is 5.82 Å². The van der Waals surface area contributed by atoms with E-state index in [1.165, 1.54) is 6.07 Å². The van der Waals surface area contributed by atoms with Gasteiger partial charge in [0.1, 0.15) is 18.2 Å². The van der Waals surface area contributed by atoms with Gasteiger partial charge in [-0.15, -0.1) is 0 Å². The number of halogens is 3. The molecule has 0 radical (unpaired) electrons. The summed E-state index contributed by atoms with van der Waals surface area (Å²) in [5.74, 6) is 5.74. The first-order valence-corrected chi connectivity index (χ1v) is 7.13. The van der Waals surface area contributed by atoms with E-state index in [4.69, 9.17) is 33.8 Å². The predicted octanol–water partition coefficient (Wildman–Crippen LogP) is 3.59. The van der Waals surface area contributed by atoms with Crippen LogP contribution in [0.5, 0.6) is 5.75 Å². The second-order valence-corrected chi connectivity index (χ2v) is 5.39. The van der Waals surface area contributed by atoms with Crippen molar-refractivity contribution in [3.8, 4) is 5.75 Å². The molecule has 0 aliphatic rings. The first-order valence-electron chi connectivity index (χ1n) is 6.37. The van der Waals surface area contributed by atoms with E-state index in [9.17, 15) is 4.39 Å². The van der Waals surface area contributed by atoms with E-state index in [-0.39, 0.29) is 11.1 Å². The Kier molecular flexibility index (Phi) is 5.82. The molecular weight excluding hydrogens is 314 g/mol. The lowest BCUT2D eigenvalue weighted by Gasteiger charge is -2.17. The highest BCUT2D eigenvalue weighted by molar-refractivity contribution is 6.31. The summed E-state index contributed by atoms with van der Waals surface area (Å²) >= 11 is 11.6. The Morgan fingerprint density at radius 2 is 1.86 bits per heavy atom. The molecule has 0 aliphatic heterocycles. The predicted molar refractivity (Wildman–Crippen MR) is 83.2 cm³/mol. The first kappa shape index (κ1) is 16.0. The van der Waals surface area contributed by atoms with Crippen molar-refractivity contribution in [2.24, 2.45) is 5.84 Å². The number of hydrogen-bond donors (Lipinski definition) is 2. The first-order chi connectivity index (χ1) is 10.1. The fourth-order valence-electron chi connectivity index (χ4n) is 1.87. The molecule has 0 fully saturated rings. The van der Waals surface area contributed by atoms with Crippen molar-refractivity contribution >= 4 is 23.2 Å². The molecule has 2 aromatic rings. The number of hydrazine groups is 1. The highest BCUT2D eigenvalue weighted by atomic mass is 35.5. The summed E-state index contributed by atoms with van der Waals surface area (Å²) in [4.78, 5) is 0. The van der Waals surface area contributed by atoms with E-state index in [0.29, 0.717) is 29.4 Å². The molecule has 1 atom stereocenters. The van der Waals surface area contributed by atoms with E-state index in [0.717, 1.165) is 0 Å². The molecule has 0 heterocycles. The van der Waals surface area contributed by atoms with Gasteiger partial charge in [-0.05, 0) is 42.3 Å². The number of nitrogens with one attached hydrogen (secondary N) is 1. The summed E-state index contributed by atoms with van der Waals surface area (Å²) in [6, 6.07) is 11.6. The Hall–Kier alpha value is -1.33. The van der Waals surface area contributed by atoms with Gasteiger partial charge in [0.05, 0.1) is 11.1 Å². The maximum Gasteiger partial charge on any atom is 0.145 e. The van der Waals surface area contributed by atoms with Crippen molar-refractivity contribution in [3.05, 3.63) is 63.9 Å². The summed E-state index contributed by atoms with van der Waals surface area (Å²) in [5.41, 5.74) is 3.11. The van der Waals surface area contributed by atoms with Crippen LogP contribution >= 0.6 is 23.2 Å². The van der Waals surface area contributed by atoms with Crippen molar-refractivity contribution in [1.82, 2.24) is 5.43 Å². The van der Waals surface area contributed by atoms with Crippen LogP contribution in [0.15, 0.2) is 42.5 Å². The number of rotatable bonds is 6. The summed E-state index contributed by atoms with van der Waals surface area (Å²) in [5, 5.41) is 0.735. The lowest BCUT2D eigenvalue weighted by Crippen LogP contribution is -2.41. The number of benzene rings is 2. The molecule has 0 bridgehead atoms. The fourth-order valence-corrected chi connectivity index (χ4v) is 2.19. The molecule has 3 N–H and O–H groups in total. The SMILES string of the molecule is NNC(COc1ccc(Cl)cc1)Cc1cccc(Cl)c1F. The molecule has 2 rings (SSSR count). The lowest BCUT2D eigenvalue weighted by atomic mass is 10.1. The Balaban J connectivity index is 1.97. The molecule has 3 nitrogen and oxygen atoms in total. The topological polar surface area (TPSA) is 47.3 Å².